The Kier molecular flexibility index (Phi) is 5.16. The third-order valence-corrected chi connectivity index (χ3v) is 5.21. The van der Waals surface area contributed by atoms with Crippen molar-refractivity contribution in [3.63, 3.8) is 0 Å². The highest BCUT2D eigenvalue weighted by molar-refractivity contribution is 7.99. The molecule has 1 aliphatic rings. The van der Waals surface area contributed by atoms with E-state index in [4.69, 9.17) is 4.74 Å². The molecule has 3 aromatic rings. The maximum absolute atomic E-state index is 6.27. The topological polar surface area (TPSA) is 63.2 Å². The average molecular weight is 392 g/mol. The largest absolute Gasteiger partial charge is 0.448 e. The first-order valence-electron chi connectivity index (χ1n) is 8.94. The van der Waals surface area contributed by atoms with Gasteiger partial charge >= 0.3 is 0 Å². The number of hydrogen-bond donors (Lipinski definition) is 1. The number of fused-ring (bicyclic) bond motifs is 3. The molecule has 1 atom stereocenters. The fourth-order valence-electron chi connectivity index (χ4n) is 2.94. The SMILES string of the molecule is C=CCSc1nnc2c(n1)O[C@@H](c1ccc(N(C)C)cc1)Nc1ccccc1-2. The second kappa shape index (κ2) is 7.90. The zero-order valence-electron chi connectivity index (χ0n) is 15.8. The Balaban J connectivity index is 1.75. The highest BCUT2D eigenvalue weighted by Gasteiger charge is 2.26. The summed E-state index contributed by atoms with van der Waals surface area (Å²) in [5.74, 6) is 1.19. The van der Waals surface area contributed by atoms with Crippen LogP contribution in [0.3, 0.4) is 0 Å². The Bertz CT molecular complexity index is 990. The van der Waals surface area contributed by atoms with Crippen molar-refractivity contribution in [2.75, 3.05) is 30.1 Å². The molecule has 0 aliphatic carbocycles. The van der Waals surface area contributed by atoms with Crippen LogP contribution >= 0.6 is 11.8 Å². The second-order valence-corrected chi connectivity index (χ2v) is 7.51. The third kappa shape index (κ3) is 3.66. The van der Waals surface area contributed by atoms with Crippen molar-refractivity contribution in [1.82, 2.24) is 15.2 Å². The van der Waals surface area contributed by atoms with Crippen molar-refractivity contribution >= 4 is 23.1 Å². The lowest BCUT2D eigenvalue weighted by Gasteiger charge is -2.20. The molecule has 28 heavy (non-hydrogen) atoms. The lowest BCUT2D eigenvalue weighted by atomic mass is 10.1. The molecular formula is C21H21N5OS. The second-order valence-electron chi connectivity index (χ2n) is 6.52. The minimum absolute atomic E-state index is 0.382. The predicted octanol–water partition coefficient (Wildman–Crippen LogP) is 4.39. The van der Waals surface area contributed by atoms with E-state index in [9.17, 15) is 0 Å². The summed E-state index contributed by atoms with van der Waals surface area (Å²) in [5, 5.41) is 12.7. The van der Waals surface area contributed by atoms with E-state index in [1.807, 2.05) is 44.4 Å². The predicted molar refractivity (Wildman–Crippen MR) is 114 cm³/mol. The van der Waals surface area contributed by atoms with E-state index >= 15 is 0 Å². The normalized spacial score (nSPS) is 14.7. The van der Waals surface area contributed by atoms with Crippen LogP contribution in [0, 0.1) is 0 Å². The van der Waals surface area contributed by atoms with Crippen molar-refractivity contribution in [2.24, 2.45) is 0 Å². The van der Waals surface area contributed by atoms with Crippen LogP contribution in [0.4, 0.5) is 11.4 Å². The molecule has 0 radical (unpaired) electrons. The lowest BCUT2D eigenvalue weighted by molar-refractivity contribution is 0.225. The minimum Gasteiger partial charge on any atom is -0.448 e. The molecule has 7 heteroatoms. The maximum atomic E-state index is 6.27. The summed E-state index contributed by atoms with van der Waals surface area (Å²) in [4.78, 5) is 6.67. The number of rotatable bonds is 5. The molecule has 1 aliphatic heterocycles. The zero-order chi connectivity index (χ0) is 19.5. The third-order valence-electron chi connectivity index (χ3n) is 4.38. The summed E-state index contributed by atoms with van der Waals surface area (Å²) in [6.45, 7) is 3.74. The van der Waals surface area contributed by atoms with Gasteiger partial charge in [-0.15, -0.1) is 16.8 Å². The van der Waals surface area contributed by atoms with Crippen molar-refractivity contribution in [3.8, 4) is 17.1 Å². The Morgan fingerprint density at radius 2 is 1.93 bits per heavy atom. The van der Waals surface area contributed by atoms with Crippen LogP contribution < -0.4 is 15.0 Å². The summed E-state index contributed by atoms with van der Waals surface area (Å²) in [6, 6.07) is 16.2. The molecule has 0 saturated heterocycles. The van der Waals surface area contributed by atoms with Crippen LogP contribution in [-0.4, -0.2) is 35.0 Å². The summed E-state index contributed by atoms with van der Waals surface area (Å²) in [7, 11) is 4.04. The van der Waals surface area contributed by atoms with Crippen LogP contribution in [0.25, 0.3) is 11.3 Å². The first-order chi connectivity index (χ1) is 13.7. The molecular weight excluding hydrogens is 370 g/mol. The fraction of sp³-hybridized carbons (Fsp3) is 0.190. The molecule has 142 valence electrons. The molecule has 4 rings (SSSR count). The molecule has 0 saturated carbocycles. The number of hydrogen-bond acceptors (Lipinski definition) is 7. The maximum Gasteiger partial charge on any atom is 0.247 e. The van der Waals surface area contributed by atoms with Crippen LogP contribution in [0.2, 0.25) is 0 Å². The van der Waals surface area contributed by atoms with Gasteiger partial charge in [-0.2, -0.15) is 4.98 Å². The van der Waals surface area contributed by atoms with Crippen LogP contribution in [0.5, 0.6) is 5.88 Å². The van der Waals surface area contributed by atoms with E-state index in [0.717, 1.165) is 22.5 Å². The van der Waals surface area contributed by atoms with Crippen molar-refractivity contribution in [3.05, 3.63) is 66.7 Å². The zero-order valence-corrected chi connectivity index (χ0v) is 16.6. The molecule has 0 spiro atoms. The fourth-order valence-corrected chi connectivity index (χ4v) is 3.45. The van der Waals surface area contributed by atoms with E-state index in [1.54, 1.807) is 0 Å². The summed E-state index contributed by atoms with van der Waals surface area (Å²) in [5.41, 5.74) is 4.63. The summed E-state index contributed by atoms with van der Waals surface area (Å²) >= 11 is 1.47. The van der Waals surface area contributed by atoms with Gasteiger partial charge in [0.2, 0.25) is 11.0 Å². The van der Waals surface area contributed by atoms with Gasteiger partial charge < -0.3 is 15.0 Å². The molecule has 0 amide bonds. The van der Waals surface area contributed by atoms with Crippen LogP contribution in [-0.2, 0) is 0 Å². The number of benzene rings is 2. The van der Waals surface area contributed by atoms with Crippen molar-refractivity contribution < 1.29 is 4.74 Å². The first-order valence-corrected chi connectivity index (χ1v) is 9.92. The van der Waals surface area contributed by atoms with E-state index in [2.05, 4.69) is 56.2 Å². The van der Waals surface area contributed by atoms with E-state index in [1.165, 1.54) is 11.8 Å². The quantitative estimate of drug-likeness (QED) is 0.511. The molecule has 0 fully saturated rings. The molecule has 1 aromatic heterocycles. The number of ether oxygens (including phenoxy) is 1. The van der Waals surface area contributed by atoms with Crippen molar-refractivity contribution in [2.45, 2.75) is 11.4 Å². The summed E-state index contributed by atoms with van der Waals surface area (Å²) < 4.78 is 6.27. The standard InChI is InChI=1S/C21H21N5OS/c1-4-13-28-21-23-20-18(24-25-21)16-7-5-6-8-17(16)22-19(27-20)14-9-11-15(12-10-14)26(2)3/h4-12,19,22H,1,13H2,2-3H3/t19-/m0/s1. The van der Waals surface area contributed by atoms with Gasteiger partial charge in [0.05, 0.1) is 0 Å². The molecule has 0 bridgehead atoms. The Labute approximate surface area is 168 Å². The molecule has 1 N–H and O–H groups in total. The number of thioether (sulfide) groups is 1. The first kappa shape index (κ1) is 18.3. The average Bonchev–Trinajstić information content (AvgIpc) is 2.88. The van der Waals surface area contributed by atoms with Gasteiger partial charge in [0.25, 0.3) is 0 Å². The molecule has 2 aromatic carbocycles. The highest BCUT2D eigenvalue weighted by Crippen LogP contribution is 2.39. The molecule has 2 heterocycles. The minimum atomic E-state index is -0.382. The summed E-state index contributed by atoms with van der Waals surface area (Å²) in [6.07, 6.45) is 1.43. The Morgan fingerprint density at radius 3 is 2.68 bits per heavy atom. The van der Waals surface area contributed by atoms with Gasteiger partial charge in [-0.3, -0.25) is 0 Å². The van der Waals surface area contributed by atoms with Gasteiger partial charge in [0.1, 0.15) is 0 Å². The van der Waals surface area contributed by atoms with Crippen LogP contribution in [0.15, 0.2) is 66.3 Å². The number of anilines is 2. The number of nitrogens with zero attached hydrogens (tertiary/aromatic N) is 4. The number of aromatic nitrogens is 3. The van der Waals surface area contributed by atoms with Crippen LogP contribution in [0.1, 0.15) is 11.8 Å². The molecule has 6 nitrogen and oxygen atoms in total. The van der Waals surface area contributed by atoms with Gasteiger partial charge in [-0.05, 0) is 18.2 Å². The highest BCUT2D eigenvalue weighted by atomic mass is 32.2. The lowest BCUT2D eigenvalue weighted by Crippen LogP contribution is -2.17. The van der Waals surface area contributed by atoms with E-state index in [-0.39, 0.29) is 6.23 Å². The van der Waals surface area contributed by atoms with Crippen molar-refractivity contribution in [1.29, 1.82) is 0 Å². The Morgan fingerprint density at radius 1 is 1.14 bits per heavy atom. The van der Waals surface area contributed by atoms with Gasteiger partial charge in [0.15, 0.2) is 11.9 Å². The van der Waals surface area contributed by atoms with Gasteiger partial charge in [-0.25, -0.2) is 0 Å². The van der Waals surface area contributed by atoms with E-state index < -0.39 is 0 Å². The van der Waals surface area contributed by atoms with Gasteiger partial charge in [0, 0.05) is 42.3 Å². The van der Waals surface area contributed by atoms with Gasteiger partial charge in [-0.1, -0.05) is 48.2 Å². The Hall–Kier alpha value is -3.06. The number of para-hydroxylation sites is 1. The monoisotopic (exact) mass is 391 g/mol. The smallest absolute Gasteiger partial charge is 0.247 e. The van der Waals surface area contributed by atoms with E-state index in [0.29, 0.717) is 22.5 Å². The molecule has 0 unspecified atom stereocenters. The number of nitrogens with one attached hydrogen (secondary N) is 1.